The van der Waals surface area contributed by atoms with Crippen molar-refractivity contribution in [2.75, 3.05) is 13.1 Å². The second-order valence-corrected chi connectivity index (χ2v) is 7.68. The summed E-state index contributed by atoms with van der Waals surface area (Å²) in [5.74, 6) is 1.92. The van der Waals surface area contributed by atoms with Gasteiger partial charge in [0.2, 0.25) is 0 Å². The molecule has 1 N–H and O–H groups in total. The molecule has 118 valence electrons. The molecule has 0 aromatic carbocycles. The first-order valence-electron chi connectivity index (χ1n) is 8.88. The fourth-order valence-corrected chi connectivity index (χ4v) is 4.69. The van der Waals surface area contributed by atoms with Gasteiger partial charge in [0, 0.05) is 18.8 Å². The molecule has 2 fully saturated rings. The topological polar surface area (TPSA) is 29.9 Å². The van der Waals surface area contributed by atoms with E-state index in [0.717, 1.165) is 18.4 Å². The number of aromatic nitrogens is 2. The van der Waals surface area contributed by atoms with E-state index < -0.39 is 0 Å². The Balaban J connectivity index is 1.72. The zero-order valence-corrected chi connectivity index (χ0v) is 13.9. The summed E-state index contributed by atoms with van der Waals surface area (Å²) in [4.78, 5) is 0. The predicted octanol–water partition coefficient (Wildman–Crippen LogP) is 3.81. The fourth-order valence-electron chi connectivity index (χ4n) is 4.69. The van der Waals surface area contributed by atoms with Crippen molar-refractivity contribution in [2.45, 2.75) is 65.3 Å². The fraction of sp³-hybridized carbons (Fsp3) is 0.833. The Morgan fingerprint density at radius 1 is 1.43 bits per heavy atom. The van der Waals surface area contributed by atoms with Crippen LogP contribution < -0.4 is 5.32 Å². The lowest BCUT2D eigenvalue weighted by atomic mass is 9.70. The van der Waals surface area contributed by atoms with Crippen LogP contribution in [0.2, 0.25) is 0 Å². The van der Waals surface area contributed by atoms with Crippen LogP contribution in [-0.2, 0) is 6.42 Å². The van der Waals surface area contributed by atoms with Crippen LogP contribution in [0, 0.1) is 17.3 Å². The molecule has 1 aromatic rings. The smallest absolute Gasteiger partial charge is 0.0630 e. The lowest BCUT2D eigenvalue weighted by molar-refractivity contribution is 0.154. The number of nitrogens with one attached hydrogen (secondary N) is 1. The second kappa shape index (κ2) is 6.12. The standard InChI is InChI=1S/C18H31N3/c1-4-8-19-13-18(11-15-5-6-16(18)10-15)12-17-7-9-21(20-17)14(2)3/h7,9,14-16,19H,4-6,8,10-13H2,1-3H3. The normalized spacial score (nSPS) is 31.4. The Morgan fingerprint density at radius 3 is 2.86 bits per heavy atom. The van der Waals surface area contributed by atoms with Crippen molar-refractivity contribution < 1.29 is 0 Å². The lowest BCUT2D eigenvalue weighted by Crippen LogP contribution is -2.41. The van der Waals surface area contributed by atoms with Crippen LogP contribution in [0.15, 0.2) is 12.3 Å². The summed E-state index contributed by atoms with van der Waals surface area (Å²) < 4.78 is 2.11. The average Bonchev–Trinajstić information content (AvgIpc) is 3.14. The largest absolute Gasteiger partial charge is 0.316 e. The van der Waals surface area contributed by atoms with E-state index in [-0.39, 0.29) is 0 Å². The van der Waals surface area contributed by atoms with Crippen molar-refractivity contribution in [3.05, 3.63) is 18.0 Å². The Hall–Kier alpha value is -0.830. The number of hydrogen-bond donors (Lipinski definition) is 1. The van der Waals surface area contributed by atoms with Crippen LogP contribution in [0.4, 0.5) is 0 Å². The zero-order chi connectivity index (χ0) is 14.9. The first-order valence-corrected chi connectivity index (χ1v) is 8.88. The van der Waals surface area contributed by atoms with Gasteiger partial charge in [0.1, 0.15) is 0 Å². The molecule has 3 heteroatoms. The number of rotatable bonds is 7. The van der Waals surface area contributed by atoms with Gasteiger partial charge in [0.15, 0.2) is 0 Å². The third-order valence-corrected chi connectivity index (χ3v) is 5.73. The minimum Gasteiger partial charge on any atom is -0.316 e. The van der Waals surface area contributed by atoms with E-state index >= 15 is 0 Å². The molecule has 1 aromatic heterocycles. The number of hydrogen-bond acceptors (Lipinski definition) is 2. The molecule has 21 heavy (non-hydrogen) atoms. The van der Waals surface area contributed by atoms with E-state index in [9.17, 15) is 0 Å². The first-order chi connectivity index (χ1) is 10.1. The summed E-state index contributed by atoms with van der Waals surface area (Å²) in [7, 11) is 0. The highest BCUT2D eigenvalue weighted by molar-refractivity contribution is 5.10. The maximum atomic E-state index is 4.82. The number of fused-ring (bicyclic) bond motifs is 2. The summed E-state index contributed by atoms with van der Waals surface area (Å²) >= 11 is 0. The summed E-state index contributed by atoms with van der Waals surface area (Å²) in [6, 6.07) is 2.71. The van der Waals surface area contributed by atoms with Gasteiger partial charge in [-0.2, -0.15) is 5.10 Å². The second-order valence-electron chi connectivity index (χ2n) is 7.68. The highest BCUT2D eigenvalue weighted by Gasteiger charge is 2.50. The minimum absolute atomic E-state index is 0.466. The molecule has 0 spiro atoms. The van der Waals surface area contributed by atoms with E-state index in [1.807, 2.05) is 0 Å². The van der Waals surface area contributed by atoms with Gasteiger partial charge in [-0.3, -0.25) is 4.68 Å². The monoisotopic (exact) mass is 289 g/mol. The van der Waals surface area contributed by atoms with Gasteiger partial charge in [-0.25, -0.2) is 0 Å². The summed E-state index contributed by atoms with van der Waals surface area (Å²) in [5, 5.41) is 8.54. The molecule has 0 saturated heterocycles. The molecule has 0 amide bonds. The van der Waals surface area contributed by atoms with Crippen molar-refractivity contribution in [2.24, 2.45) is 17.3 Å². The Morgan fingerprint density at radius 2 is 2.29 bits per heavy atom. The molecule has 0 radical (unpaired) electrons. The van der Waals surface area contributed by atoms with Crippen molar-refractivity contribution in [3.8, 4) is 0 Å². The third kappa shape index (κ3) is 3.03. The highest BCUT2D eigenvalue weighted by atomic mass is 15.3. The maximum Gasteiger partial charge on any atom is 0.0630 e. The molecule has 2 saturated carbocycles. The molecule has 2 aliphatic carbocycles. The Bertz CT molecular complexity index is 465. The summed E-state index contributed by atoms with van der Waals surface area (Å²) in [6.45, 7) is 9.00. The molecule has 3 rings (SSSR count). The predicted molar refractivity (Wildman–Crippen MR) is 87.4 cm³/mol. The molecule has 3 nitrogen and oxygen atoms in total. The molecule has 2 aliphatic rings. The van der Waals surface area contributed by atoms with Crippen molar-refractivity contribution in [1.29, 1.82) is 0 Å². The van der Waals surface area contributed by atoms with Gasteiger partial charge in [-0.05, 0) is 75.8 Å². The van der Waals surface area contributed by atoms with Crippen LogP contribution in [0.3, 0.4) is 0 Å². The van der Waals surface area contributed by atoms with Gasteiger partial charge >= 0.3 is 0 Å². The van der Waals surface area contributed by atoms with Crippen molar-refractivity contribution in [3.63, 3.8) is 0 Å². The molecular formula is C18H31N3. The van der Waals surface area contributed by atoms with Gasteiger partial charge in [-0.15, -0.1) is 0 Å². The van der Waals surface area contributed by atoms with Crippen molar-refractivity contribution in [1.82, 2.24) is 15.1 Å². The van der Waals surface area contributed by atoms with Crippen molar-refractivity contribution >= 4 is 0 Å². The first kappa shape index (κ1) is 15.1. The quantitative estimate of drug-likeness (QED) is 0.774. The zero-order valence-electron chi connectivity index (χ0n) is 13.9. The van der Waals surface area contributed by atoms with Crippen LogP contribution in [-0.4, -0.2) is 22.9 Å². The molecule has 3 atom stereocenters. The SMILES string of the molecule is CCCNCC1(Cc2ccn(C(C)C)n2)CC2CCC1C2. The van der Waals surface area contributed by atoms with E-state index in [4.69, 9.17) is 5.10 Å². The lowest BCUT2D eigenvalue weighted by Gasteiger charge is -2.38. The van der Waals surface area contributed by atoms with E-state index in [1.165, 1.54) is 50.8 Å². The molecule has 1 heterocycles. The number of nitrogens with zero attached hydrogens (tertiary/aromatic N) is 2. The highest BCUT2D eigenvalue weighted by Crippen LogP contribution is 2.56. The van der Waals surface area contributed by atoms with Gasteiger partial charge in [-0.1, -0.05) is 13.3 Å². The van der Waals surface area contributed by atoms with Crippen LogP contribution >= 0.6 is 0 Å². The van der Waals surface area contributed by atoms with E-state index in [0.29, 0.717) is 11.5 Å². The Kier molecular flexibility index (Phi) is 4.39. The maximum absolute atomic E-state index is 4.82. The third-order valence-electron chi connectivity index (χ3n) is 5.73. The van der Waals surface area contributed by atoms with Crippen LogP contribution in [0.25, 0.3) is 0 Å². The molecule has 2 bridgehead atoms. The molecular weight excluding hydrogens is 258 g/mol. The summed E-state index contributed by atoms with van der Waals surface area (Å²) in [6.07, 6.45) is 10.4. The minimum atomic E-state index is 0.466. The van der Waals surface area contributed by atoms with E-state index in [1.54, 1.807) is 0 Å². The Labute approximate surface area is 129 Å². The molecule has 0 aliphatic heterocycles. The van der Waals surface area contributed by atoms with Gasteiger partial charge < -0.3 is 5.32 Å². The van der Waals surface area contributed by atoms with Crippen LogP contribution in [0.1, 0.15) is 64.6 Å². The average molecular weight is 289 g/mol. The van der Waals surface area contributed by atoms with Gasteiger partial charge in [0.25, 0.3) is 0 Å². The summed E-state index contributed by atoms with van der Waals surface area (Å²) in [5.41, 5.74) is 1.78. The van der Waals surface area contributed by atoms with E-state index in [2.05, 4.69) is 43.0 Å². The molecule has 3 unspecified atom stereocenters. The van der Waals surface area contributed by atoms with Crippen LogP contribution in [0.5, 0.6) is 0 Å². The van der Waals surface area contributed by atoms with Gasteiger partial charge in [0.05, 0.1) is 5.69 Å².